The number of carbonyl (C=O) groups excluding carboxylic acids is 1. The molecule has 4 rings (SSSR count). The second-order valence-electron chi connectivity index (χ2n) is 7.45. The van der Waals surface area contributed by atoms with Gasteiger partial charge in [0.25, 0.3) is 5.91 Å². The van der Waals surface area contributed by atoms with E-state index >= 15 is 0 Å². The van der Waals surface area contributed by atoms with Crippen LogP contribution in [0.1, 0.15) is 22.3 Å². The third-order valence-electron chi connectivity index (χ3n) is 5.20. The van der Waals surface area contributed by atoms with E-state index in [0.717, 1.165) is 21.2 Å². The van der Waals surface area contributed by atoms with Gasteiger partial charge in [0.05, 0.1) is 29.3 Å². The molecule has 6 nitrogen and oxygen atoms in total. The van der Waals surface area contributed by atoms with E-state index in [0.29, 0.717) is 37.8 Å². The zero-order chi connectivity index (χ0) is 24.9. The number of benzene rings is 3. The molecule has 1 fully saturated rings. The number of amidine groups is 1. The first-order chi connectivity index (χ1) is 16.9. The first-order valence-electron chi connectivity index (χ1n) is 10.4. The van der Waals surface area contributed by atoms with Gasteiger partial charge in [-0.3, -0.25) is 4.79 Å². The van der Waals surface area contributed by atoms with Crippen molar-refractivity contribution < 1.29 is 14.3 Å². The van der Waals surface area contributed by atoms with E-state index < -0.39 is 0 Å². The minimum absolute atomic E-state index is 0.216. The van der Waals surface area contributed by atoms with Crippen LogP contribution >= 0.6 is 39.3 Å². The van der Waals surface area contributed by atoms with Crippen molar-refractivity contribution in [2.45, 2.75) is 13.5 Å². The van der Waals surface area contributed by atoms with Crippen molar-refractivity contribution in [1.29, 1.82) is 5.26 Å². The van der Waals surface area contributed by atoms with Crippen LogP contribution in [0.3, 0.4) is 0 Å². The number of hydrogen-bond acceptors (Lipinski definition) is 6. The molecule has 0 aromatic heterocycles. The fourth-order valence-electron chi connectivity index (χ4n) is 3.29. The van der Waals surface area contributed by atoms with Crippen LogP contribution in [0.15, 0.2) is 69.0 Å². The van der Waals surface area contributed by atoms with Crippen LogP contribution < -0.4 is 14.8 Å². The minimum atomic E-state index is -0.243. The molecule has 0 spiro atoms. The Morgan fingerprint density at radius 3 is 2.77 bits per heavy atom. The fourth-order valence-corrected chi connectivity index (χ4v) is 4.72. The van der Waals surface area contributed by atoms with E-state index in [1.807, 2.05) is 37.3 Å². The van der Waals surface area contributed by atoms with Crippen LogP contribution in [0, 0.1) is 18.3 Å². The number of methoxy groups -OCH3 is 1. The Morgan fingerprint density at radius 1 is 1.20 bits per heavy atom. The maximum atomic E-state index is 12.6. The molecule has 0 bridgehead atoms. The highest BCUT2D eigenvalue weighted by molar-refractivity contribution is 9.10. The molecule has 0 saturated carbocycles. The van der Waals surface area contributed by atoms with Crippen molar-refractivity contribution in [3.05, 3.63) is 91.3 Å². The van der Waals surface area contributed by atoms with Crippen LogP contribution in [0.2, 0.25) is 5.02 Å². The molecule has 1 amide bonds. The van der Waals surface area contributed by atoms with Crippen LogP contribution in [0.5, 0.6) is 11.5 Å². The molecule has 1 aliphatic heterocycles. The summed E-state index contributed by atoms with van der Waals surface area (Å²) in [7, 11) is 1.55. The summed E-state index contributed by atoms with van der Waals surface area (Å²) in [5.41, 5.74) is 3.62. The van der Waals surface area contributed by atoms with Gasteiger partial charge in [0.2, 0.25) is 0 Å². The van der Waals surface area contributed by atoms with Crippen LogP contribution in [0.25, 0.3) is 6.08 Å². The molecule has 0 aliphatic carbocycles. The normalized spacial score (nSPS) is 15.2. The average Bonchev–Trinajstić information content (AvgIpc) is 3.20. The first kappa shape index (κ1) is 24.9. The molecule has 35 heavy (non-hydrogen) atoms. The van der Waals surface area contributed by atoms with Gasteiger partial charge in [-0.2, -0.15) is 5.26 Å². The Kier molecular flexibility index (Phi) is 7.81. The molecule has 1 N–H and O–H groups in total. The number of halogens is 2. The number of ether oxygens (including phenoxy) is 2. The number of hydrogen-bond donors (Lipinski definition) is 1. The van der Waals surface area contributed by atoms with E-state index in [1.54, 1.807) is 37.5 Å². The van der Waals surface area contributed by atoms with Gasteiger partial charge in [-0.25, -0.2) is 4.99 Å². The maximum Gasteiger partial charge on any atom is 0.264 e. The zero-order valence-electron chi connectivity index (χ0n) is 18.8. The molecule has 0 radical (unpaired) electrons. The standard InChI is InChI=1S/C26H19BrClN3O3S/c1-15-20(28)8-5-9-21(15)30-26-31-25(32)24(35-26)11-18-10-22(33-2)23(12-19(18)27)34-14-17-7-4-3-6-16(17)13-29/h3-12H,14H2,1-2H3,(H,30,31,32)/b24-11+. The summed E-state index contributed by atoms with van der Waals surface area (Å²) in [4.78, 5) is 17.6. The summed E-state index contributed by atoms with van der Waals surface area (Å²) in [6.07, 6.45) is 1.76. The molecule has 0 atom stereocenters. The van der Waals surface area contributed by atoms with Gasteiger partial charge in [-0.05, 0) is 66.2 Å². The van der Waals surface area contributed by atoms with Crippen molar-refractivity contribution in [2.75, 3.05) is 7.11 Å². The van der Waals surface area contributed by atoms with Crippen molar-refractivity contribution in [3.63, 3.8) is 0 Å². The Hall–Kier alpha value is -3.25. The molecule has 1 aliphatic rings. The number of nitrogens with zero attached hydrogens (tertiary/aromatic N) is 2. The molecule has 0 unspecified atom stereocenters. The van der Waals surface area contributed by atoms with Gasteiger partial charge in [-0.15, -0.1) is 0 Å². The third-order valence-corrected chi connectivity index (χ3v) is 7.21. The number of carbonyl (C=O) groups is 1. The number of rotatable bonds is 6. The lowest BCUT2D eigenvalue weighted by molar-refractivity contribution is -0.115. The number of amides is 1. The number of nitrogens with one attached hydrogen (secondary N) is 1. The van der Waals surface area contributed by atoms with E-state index in [9.17, 15) is 10.1 Å². The predicted molar refractivity (Wildman–Crippen MR) is 143 cm³/mol. The quantitative estimate of drug-likeness (QED) is 0.332. The lowest BCUT2D eigenvalue weighted by Crippen LogP contribution is -2.19. The predicted octanol–water partition coefficient (Wildman–Crippen LogP) is 6.76. The Morgan fingerprint density at radius 2 is 2.00 bits per heavy atom. The van der Waals surface area contributed by atoms with Gasteiger partial charge in [0.15, 0.2) is 16.7 Å². The molecule has 1 saturated heterocycles. The monoisotopic (exact) mass is 567 g/mol. The smallest absolute Gasteiger partial charge is 0.264 e. The second kappa shape index (κ2) is 11.0. The lowest BCUT2D eigenvalue weighted by atomic mass is 10.1. The summed E-state index contributed by atoms with van der Waals surface area (Å²) >= 11 is 11.0. The van der Waals surface area contributed by atoms with Crippen molar-refractivity contribution >= 4 is 62.1 Å². The van der Waals surface area contributed by atoms with Crippen molar-refractivity contribution in [3.8, 4) is 17.6 Å². The molecule has 9 heteroatoms. The molecular weight excluding hydrogens is 550 g/mol. The zero-order valence-corrected chi connectivity index (χ0v) is 21.9. The first-order valence-corrected chi connectivity index (χ1v) is 12.4. The average molecular weight is 569 g/mol. The largest absolute Gasteiger partial charge is 0.493 e. The molecule has 3 aromatic carbocycles. The van der Waals surface area contributed by atoms with Gasteiger partial charge < -0.3 is 14.8 Å². The fraction of sp³-hybridized carbons (Fsp3) is 0.115. The number of thioether (sulfide) groups is 1. The van der Waals surface area contributed by atoms with E-state index in [2.05, 4.69) is 32.3 Å². The number of aliphatic imine (C=N–C) groups is 1. The van der Waals surface area contributed by atoms with Crippen LogP contribution in [0.4, 0.5) is 5.69 Å². The Labute approximate surface area is 220 Å². The summed E-state index contributed by atoms with van der Waals surface area (Å²) in [6.45, 7) is 2.10. The second-order valence-corrected chi connectivity index (χ2v) is 9.74. The summed E-state index contributed by atoms with van der Waals surface area (Å²) in [5, 5.41) is 13.2. The van der Waals surface area contributed by atoms with E-state index in [-0.39, 0.29) is 12.5 Å². The Bertz CT molecular complexity index is 1420. The van der Waals surface area contributed by atoms with Gasteiger partial charge in [-0.1, -0.05) is 51.8 Å². The third kappa shape index (κ3) is 5.70. The molecule has 176 valence electrons. The molecule has 3 aromatic rings. The van der Waals surface area contributed by atoms with Gasteiger partial charge in [0.1, 0.15) is 6.61 Å². The minimum Gasteiger partial charge on any atom is -0.493 e. The van der Waals surface area contributed by atoms with E-state index in [4.69, 9.17) is 21.1 Å². The highest BCUT2D eigenvalue weighted by Gasteiger charge is 2.25. The highest BCUT2D eigenvalue weighted by atomic mass is 79.9. The maximum absolute atomic E-state index is 12.6. The highest BCUT2D eigenvalue weighted by Crippen LogP contribution is 2.37. The van der Waals surface area contributed by atoms with Crippen molar-refractivity contribution in [1.82, 2.24) is 5.32 Å². The van der Waals surface area contributed by atoms with Crippen LogP contribution in [-0.2, 0) is 11.4 Å². The van der Waals surface area contributed by atoms with Crippen LogP contribution in [-0.4, -0.2) is 18.2 Å². The summed E-state index contributed by atoms with van der Waals surface area (Å²) < 4.78 is 12.2. The Balaban J connectivity index is 1.57. The van der Waals surface area contributed by atoms with Gasteiger partial charge in [0, 0.05) is 15.1 Å². The SMILES string of the molecule is COc1cc(/C=C2/SC(=Nc3cccc(Cl)c3C)NC2=O)c(Br)cc1OCc1ccccc1C#N. The molecule has 1 heterocycles. The van der Waals surface area contributed by atoms with E-state index in [1.165, 1.54) is 11.8 Å². The summed E-state index contributed by atoms with van der Waals surface area (Å²) in [5.74, 6) is 0.769. The number of nitriles is 1. The lowest BCUT2D eigenvalue weighted by Gasteiger charge is -2.13. The molecular formula is C26H19BrClN3O3S. The van der Waals surface area contributed by atoms with Gasteiger partial charge >= 0.3 is 0 Å². The summed E-state index contributed by atoms with van der Waals surface area (Å²) in [6, 6.07) is 18.5. The topological polar surface area (TPSA) is 83.7 Å². The van der Waals surface area contributed by atoms with Crippen molar-refractivity contribution in [2.24, 2.45) is 4.99 Å².